The van der Waals surface area contributed by atoms with E-state index in [0.29, 0.717) is 42.7 Å². The first-order chi connectivity index (χ1) is 26.0. The highest BCUT2D eigenvalue weighted by molar-refractivity contribution is 6.33. The SMILES string of the molecule is CCOC(C)(N)Cc1ccc(C#N)cc1.CCO[C@](C)(N)Cc1ccc(C#N)cc1.C[C@]1(Cc2ccc(C#N)cc2)NC(=O)N(c2cc(Cl)nc(Cl)c2)C1=O. The molecule has 1 aromatic heterocycles. The molecule has 1 unspecified atom stereocenters. The lowest BCUT2D eigenvalue weighted by Crippen LogP contribution is -2.46. The summed E-state index contributed by atoms with van der Waals surface area (Å²) in [6, 6.07) is 30.1. The molecule has 14 heteroatoms. The van der Waals surface area contributed by atoms with Crippen molar-refractivity contribution in [3.05, 3.63) is 129 Å². The normalized spacial score (nSPS) is 16.7. The van der Waals surface area contributed by atoms with Gasteiger partial charge in [-0.1, -0.05) is 59.6 Å². The highest BCUT2D eigenvalue weighted by Crippen LogP contribution is 2.30. The number of carbonyl (C=O) groups is 2. The van der Waals surface area contributed by atoms with E-state index in [-0.39, 0.29) is 22.4 Å². The smallest absolute Gasteiger partial charge is 0.329 e. The molecule has 286 valence electrons. The van der Waals surface area contributed by atoms with Gasteiger partial charge in [-0.05, 0) is 99.8 Å². The minimum Gasteiger partial charge on any atom is -0.361 e. The van der Waals surface area contributed by atoms with Crippen LogP contribution in [-0.4, -0.2) is 47.1 Å². The van der Waals surface area contributed by atoms with E-state index in [4.69, 9.17) is 59.9 Å². The molecule has 3 amide bonds. The number of hydrogen-bond donors (Lipinski definition) is 3. The van der Waals surface area contributed by atoms with Crippen molar-refractivity contribution in [3.8, 4) is 18.2 Å². The van der Waals surface area contributed by atoms with Crippen molar-refractivity contribution in [2.75, 3.05) is 18.1 Å². The zero-order chi connectivity index (χ0) is 40.8. The van der Waals surface area contributed by atoms with Gasteiger partial charge >= 0.3 is 6.03 Å². The number of carbonyl (C=O) groups excluding carboxylic acids is 2. The van der Waals surface area contributed by atoms with E-state index in [1.165, 1.54) is 12.1 Å². The second kappa shape index (κ2) is 19.8. The van der Waals surface area contributed by atoms with E-state index in [9.17, 15) is 9.59 Å². The van der Waals surface area contributed by atoms with Crippen LogP contribution in [0.15, 0.2) is 84.9 Å². The molecule has 1 aliphatic rings. The van der Waals surface area contributed by atoms with Crippen LogP contribution in [-0.2, 0) is 33.5 Å². The molecule has 4 aromatic rings. The van der Waals surface area contributed by atoms with E-state index in [1.54, 1.807) is 55.5 Å². The van der Waals surface area contributed by atoms with E-state index < -0.39 is 28.9 Å². The monoisotopic (exact) mass is 782 g/mol. The van der Waals surface area contributed by atoms with Crippen LogP contribution in [0.3, 0.4) is 0 Å². The molecule has 5 N–H and O–H groups in total. The van der Waals surface area contributed by atoms with Gasteiger partial charge < -0.3 is 26.3 Å². The van der Waals surface area contributed by atoms with Gasteiger partial charge in [-0.3, -0.25) is 4.79 Å². The molecule has 1 fully saturated rings. The van der Waals surface area contributed by atoms with Gasteiger partial charge in [-0.25, -0.2) is 14.7 Å². The highest BCUT2D eigenvalue weighted by Gasteiger charge is 2.48. The molecule has 5 rings (SSSR count). The summed E-state index contributed by atoms with van der Waals surface area (Å²) in [4.78, 5) is 30.0. The van der Waals surface area contributed by atoms with E-state index >= 15 is 0 Å². The van der Waals surface area contributed by atoms with Crippen LogP contribution in [0.1, 0.15) is 68.0 Å². The first-order valence-electron chi connectivity index (χ1n) is 17.3. The molecule has 12 nitrogen and oxygen atoms in total. The number of aromatic nitrogens is 1. The van der Waals surface area contributed by atoms with Crippen LogP contribution in [0.5, 0.6) is 0 Å². The summed E-state index contributed by atoms with van der Waals surface area (Å²) in [7, 11) is 0. The molecule has 3 atom stereocenters. The summed E-state index contributed by atoms with van der Waals surface area (Å²) in [6.07, 6.45) is 1.57. The zero-order valence-corrected chi connectivity index (χ0v) is 32.9. The van der Waals surface area contributed by atoms with Crippen molar-refractivity contribution in [3.63, 3.8) is 0 Å². The number of halogens is 2. The van der Waals surface area contributed by atoms with Crippen molar-refractivity contribution < 1.29 is 19.1 Å². The number of rotatable bonds is 11. The van der Waals surface area contributed by atoms with Gasteiger partial charge in [-0.15, -0.1) is 0 Å². The third kappa shape index (κ3) is 13.5. The topological polar surface area (TPSA) is 204 Å². The van der Waals surface area contributed by atoms with E-state index in [2.05, 4.69) is 22.4 Å². The fraction of sp³-hybridized carbons (Fsp3) is 0.317. The Morgan fingerprint density at radius 3 is 1.44 bits per heavy atom. The number of nitriles is 3. The van der Waals surface area contributed by atoms with Gasteiger partial charge in [0.15, 0.2) is 0 Å². The Morgan fingerprint density at radius 2 is 1.09 bits per heavy atom. The Hall–Kier alpha value is -5.36. The molecular formula is C41H44Cl2N8O4. The summed E-state index contributed by atoms with van der Waals surface area (Å²) in [5.74, 6) is -0.416. The Labute approximate surface area is 332 Å². The number of pyridine rings is 1. The van der Waals surface area contributed by atoms with Crippen LogP contribution >= 0.6 is 23.2 Å². The number of nitrogens with two attached hydrogens (primary N) is 2. The number of ether oxygens (including phenoxy) is 2. The fourth-order valence-corrected chi connectivity index (χ4v) is 6.14. The summed E-state index contributed by atoms with van der Waals surface area (Å²) in [6.45, 7) is 10.4. The lowest BCUT2D eigenvalue weighted by molar-refractivity contribution is -0.121. The van der Waals surface area contributed by atoms with Gasteiger partial charge in [0.2, 0.25) is 0 Å². The molecule has 2 heterocycles. The molecule has 0 bridgehead atoms. The third-order valence-corrected chi connectivity index (χ3v) is 8.52. The minimum absolute atomic E-state index is 0.0868. The largest absolute Gasteiger partial charge is 0.361 e. The average molecular weight is 784 g/mol. The Bertz CT molecular complexity index is 1960. The molecular weight excluding hydrogens is 739 g/mol. The second-order valence-corrected chi connectivity index (χ2v) is 14.1. The highest BCUT2D eigenvalue weighted by atomic mass is 35.5. The molecule has 0 saturated carbocycles. The number of urea groups is 1. The van der Waals surface area contributed by atoms with Crippen LogP contribution < -0.4 is 21.7 Å². The number of hydrogen-bond acceptors (Lipinski definition) is 10. The van der Waals surface area contributed by atoms with Crippen molar-refractivity contribution in [1.82, 2.24) is 10.3 Å². The van der Waals surface area contributed by atoms with E-state index in [1.807, 2.05) is 58.0 Å². The maximum atomic E-state index is 12.9. The Balaban J connectivity index is 0.000000235. The summed E-state index contributed by atoms with van der Waals surface area (Å²) in [5.41, 5.74) is 14.6. The third-order valence-electron chi connectivity index (χ3n) is 8.13. The molecule has 1 saturated heterocycles. The van der Waals surface area contributed by atoms with Crippen LogP contribution in [0.4, 0.5) is 10.5 Å². The summed E-state index contributed by atoms with van der Waals surface area (Å²) < 4.78 is 10.8. The summed E-state index contributed by atoms with van der Waals surface area (Å²) >= 11 is 11.7. The predicted octanol–water partition coefficient (Wildman–Crippen LogP) is 6.94. The lowest BCUT2D eigenvalue weighted by atomic mass is 9.92. The molecule has 0 aliphatic carbocycles. The number of benzene rings is 3. The molecule has 55 heavy (non-hydrogen) atoms. The van der Waals surface area contributed by atoms with Crippen molar-refractivity contribution in [2.45, 2.75) is 70.9 Å². The minimum atomic E-state index is -1.12. The quantitative estimate of drug-likeness (QED) is 0.0812. The Morgan fingerprint density at radius 1 is 0.727 bits per heavy atom. The molecule has 0 spiro atoms. The molecule has 3 aromatic carbocycles. The average Bonchev–Trinajstić information content (AvgIpc) is 3.35. The van der Waals surface area contributed by atoms with E-state index in [0.717, 1.165) is 21.6 Å². The zero-order valence-electron chi connectivity index (χ0n) is 31.4. The number of nitrogens with one attached hydrogen (secondary N) is 1. The first-order valence-corrected chi connectivity index (χ1v) is 18.0. The number of imide groups is 1. The van der Waals surface area contributed by atoms with Gasteiger partial charge in [-0.2, -0.15) is 15.8 Å². The standard InChI is InChI=1S/C17H12Cl2N4O2.2C12H16N2O/c1-17(8-10-2-4-11(9-20)5-3-10)15(24)23(16(25)22-17)12-6-13(18)21-14(19)7-12;2*1-3-15-12(2,14)8-10-4-6-11(9-13)7-5-10/h2-7H,8H2,1H3,(H,22,25);2*4-7H,3,8,14H2,1-2H3/t17-;12-;/m10./s1. The number of nitrogens with zero attached hydrogens (tertiary/aromatic N) is 5. The van der Waals surface area contributed by atoms with Crippen molar-refractivity contribution in [1.29, 1.82) is 15.8 Å². The van der Waals surface area contributed by atoms with Crippen LogP contribution in [0.2, 0.25) is 10.3 Å². The van der Waals surface area contributed by atoms with Crippen LogP contribution in [0, 0.1) is 34.0 Å². The Kier molecular flexibility index (Phi) is 15.9. The van der Waals surface area contributed by atoms with Crippen molar-refractivity contribution in [2.24, 2.45) is 11.5 Å². The molecule has 0 radical (unpaired) electrons. The predicted molar refractivity (Wildman–Crippen MR) is 212 cm³/mol. The van der Waals surface area contributed by atoms with Gasteiger partial charge in [0.25, 0.3) is 5.91 Å². The lowest BCUT2D eigenvalue weighted by Gasteiger charge is -2.24. The number of amides is 3. The van der Waals surface area contributed by atoms with Gasteiger partial charge in [0.05, 0.1) is 40.6 Å². The van der Waals surface area contributed by atoms with Crippen molar-refractivity contribution >= 4 is 40.8 Å². The maximum absolute atomic E-state index is 12.9. The van der Waals surface area contributed by atoms with Gasteiger partial charge in [0.1, 0.15) is 27.3 Å². The fourth-order valence-electron chi connectivity index (χ4n) is 5.69. The first kappa shape index (κ1) is 44.0. The number of anilines is 1. The maximum Gasteiger partial charge on any atom is 0.329 e. The van der Waals surface area contributed by atoms with Crippen LogP contribution in [0.25, 0.3) is 0 Å². The second-order valence-electron chi connectivity index (χ2n) is 13.3. The van der Waals surface area contributed by atoms with Gasteiger partial charge in [0, 0.05) is 32.5 Å². The summed E-state index contributed by atoms with van der Waals surface area (Å²) in [5, 5.41) is 29.0. The molecule has 1 aliphatic heterocycles.